The summed E-state index contributed by atoms with van der Waals surface area (Å²) in [6.07, 6.45) is 1.30. The molecule has 130 valence electrons. The van der Waals surface area contributed by atoms with Gasteiger partial charge in [-0.1, -0.05) is 13.8 Å². The fourth-order valence-electron chi connectivity index (χ4n) is 1.21. The summed E-state index contributed by atoms with van der Waals surface area (Å²) in [7, 11) is 0. The van der Waals surface area contributed by atoms with Crippen molar-refractivity contribution in [1.82, 2.24) is 20.3 Å². The van der Waals surface area contributed by atoms with Crippen LogP contribution in [0.5, 0.6) is 0 Å². The molecule has 0 aliphatic carbocycles. The Morgan fingerprint density at radius 3 is 1.65 bits per heavy atom. The van der Waals surface area contributed by atoms with Crippen LogP contribution < -0.4 is 26.0 Å². The first-order chi connectivity index (χ1) is 11.0. The number of carbonyl (C=O) groups is 2. The Labute approximate surface area is 144 Å². The third-order valence-corrected chi connectivity index (χ3v) is 3.45. The van der Waals surface area contributed by atoms with E-state index in [9.17, 15) is 9.59 Å². The number of nitrogens with one attached hydrogen (secondary N) is 4. The predicted molar refractivity (Wildman–Crippen MR) is 98.1 cm³/mol. The maximum Gasteiger partial charge on any atom is 0.345 e. The van der Waals surface area contributed by atoms with Gasteiger partial charge in [0, 0.05) is 23.3 Å². The van der Waals surface area contributed by atoms with E-state index < -0.39 is 12.1 Å². The molecule has 0 spiro atoms. The smallest absolute Gasteiger partial charge is 0.345 e. The second kappa shape index (κ2) is 12.6. The molecule has 0 fully saturated rings. The van der Waals surface area contributed by atoms with E-state index >= 15 is 0 Å². The molecule has 0 saturated carbocycles. The molecule has 6 N–H and O–H groups in total. The average Bonchev–Trinajstić information content (AvgIpc) is 2.54. The van der Waals surface area contributed by atoms with Gasteiger partial charge < -0.3 is 5.73 Å². The van der Waals surface area contributed by atoms with Gasteiger partial charge in [0.15, 0.2) is 0 Å². The molecule has 0 aliphatic heterocycles. The molecule has 0 radical (unpaired) electrons. The summed E-state index contributed by atoms with van der Waals surface area (Å²) >= 11 is 2.51. The molecule has 0 heterocycles. The number of nitrogens with zero attached hydrogens (tertiary/aromatic N) is 2. The van der Waals surface area contributed by atoms with Gasteiger partial charge in [-0.2, -0.15) is 10.2 Å². The van der Waals surface area contributed by atoms with E-state index in [1.165, 1.54) is 30.1 Å². The van der Waals surface area contributed by atoms with Crippen LogP contribution >= 0.6 is 23.9 Å². The molecule has 0 rings (SSSR count). The molecule has 11 heteroatoms. The summed E-state index contributed by atoms with van der Waals surface area (Å²) in [4.78, 5) is 22.8. The minimum absolute atomic E-state index is 0.434. The second-order valence-corrected chi connectivity index (χ2v) is 6.07. The van der Waals surface area contributed by atoms with Crippen molar-refractivity contribution in [2.75, 3.05) is 11.5 Å². The lowest BCUT2D eigenvalue weighted by Crippen LogP contribution is -2.30. The molecule has 0 atom stereocenters. The quantitative estimate of drug-likeness (QED) is 0.254. The number of hydrogen-bond donors (Lipinski definition) is 5. The van der Waals surface area contributed by atoms with Crippen LogP contribution in [0.15, 0.2) is 22.0 Å². The highest BCUT2D eigenvalue weighted by Gasteiger charge is 2.08. The van der Waals surface area contributed by atoms with Crippen LogP contribution in [0.3, 0.4) is 0 Å². The van der Waals surface area contributed by atoms with Crippen LogP contribution in [0.25, 0.3) is 0 Å². The third kappa shape index (κ3) is 9.68. The largest absolute Gasteiger partial charge is 0.404 e. The number of hydrazone groups is 2. The highest BCUT2D eigenvalue weighted by atomic mass is 32.2. The zero-order chi connectivity index (χ0) is 17.7. The van der Waals surface area contributed by atoms with E-state index in [2.05, 4.69) is 30.5 Å². The van der Waals surface area contributed by atoms with Crippen molar-refractivity contribution in [2.24, 2.45) is 15.9 Å². The molecule has 0 aromatic rings. The lowest BCUT2D eigenvalue weighted by atomic mass is 10.1. The molecule has 0 aromatic heterocycles. The number of nitrogens with two attached hydrogens (primary N) is 1. The average molecular weight is 361 g/mol. The maximum atomic E-state index is 11.4. The Morgan fingerprint density at radius 1 is 0.957 bits per heavy atom. The Balaban J connectivity index is 4.66. The molecular formula is C12H23N7O2S2. The molecule has 0 bridgehead atoms. The van der Waals surface area contributed by atoms with Gasteiger partial charge >= 0.3 is 12.1 Å². The van der Waals surface area contributed by atoms with E-state index in [0.29, 0.717) is 17.0 Å². The molecule has 9 nitrogen and oxygen atoms in total. The minimum Gasteiger partial charge on any atom is -0.404 e. The van der Waals surface area contributed by atoms with Crippen molar-refractivity contribution in [3.05, 3.63) is 11.8 Å². The van der Waals surface area contributed by atoms with Crippen LogP contribution in [0.4, 0.5) is 9.59 Å². The number of hydrogen-bond acceptors (Lipinski definition) is 7. The molecule has 0 aliphatic rings. The van der Waals surface area contributed by atoms with Gasteiger partial charge in [0.25, 0.3) is 0 Å². The summed E-state index contributed by atoms with van der Waals surface area (Å²) in [5.74, 6) is 1.50. The van der Waals surface area contributed by atoms with Crippen LogP contribution in [0, 0.1) is 0 Å². The topological polar surface area (TPSA) is 133 Å². The SMILES string of the molecule is CCSNC(=O)N/N=C(\C)C(=CN)/C(C)=N/NC(=O)NSCC. The van der Waals surface area contributed by atoms with Crippen LogP contribution in [0.1, 0.15) is 27.7 Å². The van der Waals surface area contributed by atoms with E-state index in [4.69, 9.17) is 5.73 Å². The van der Waals surface area contributed by atoms with E-state index in [1.54, 1.807) is 13.8 Å². The second-order valence-electron chi connectivity index (χ2n) is 3.93. The van der Waals surface area contributed by atoms with Gasteiger partial charge in [-0.05, 0) is 37.7 Å². The minimum atomic E-state index is -0.434. The molecule has 0 unspecified atom stereocenters. The summed E-state index contributed by atoms with van der Waals surface area (Å²) < 4.78 is 5.09. The van der Waals surface area contributed by atoms with E-state index in [1.807, 2.05) is 13.8 Å². The zero-order valence-corrected chi connectivity index (χ0v) is 15.2. The lowest BCUT2D eigenvalue weighted by molar-refractivity contribution is 0.246. The standard InChI is InChI=1S/C12H23N7O2S2/c1-5-22-18-11(20)16-14-8(3)10(7-13)9(4)15-17-12(21)19-23-6-2/h7H,5-6,13H2,1-4H3,(H2,16,18,20)(H2,17,19,21)/b14-8+,15-9+. The molecule has 23 heavy (non-hydrogen) atoms. The van der Waals surface area contributed by atoms with Crippen molar-refractivity contribution in [1.29, 1.82) is 0 Å². The van der Waals surface area contributed by atoms with Gasteiger partial charge in [0.1, 0.15) is 0 Å². The molecular weight excluding hydrogens is 338 g/mol. The number of rotatable bonds is 8. The number of carbonyl (C=O) groups excluding carboxylic acids is 2. The van der Waals surface area contributed by atoms with Crippen LogP contribution in [-0.4, -0.2) is 35.0 Å². The summed E-state index contributed by atoms with van der Waals surface area (Å²) in [6, 6.07) is -0.868. The fourth-order valence-corrected chi connectivity index (χ4v) is 1.86. The van der Waals surface area contributed by atoms with Crippen LogP contribution in [0.2, 0.25) is 0 Å². The predicted octanol–water partition coefficient (Wildman–Crippen LogP) is 1.52. The monoisotopic (exact) mass is 361 g/mol. The third-order valence-electron chi connectivity index (χ3n) is 2.21. The zero-order valence-electron chi connectivity index (χ0n) is 13.6. The van der Waals surface area contributed by atoms with Crippen molar-refractivity contribution in [2.45, 2.75) is 27.7 Å². The summed E-state index contributed by atoms with van der Waals surface area (Å²) in [5.41, 5.74) is 11.6. The Kier molecular flexibility index (Phi) is 11.6. The number of amides is 4. The highest BCUT2D eigenvalue weighted by Crippen LogP contribution is 2.00. The fraction of sp³-hybridized carbons (Fsp3) is 0.500. The lowest BCUT2D eigenvalue weighted by Gasteiger charge is -2.08. The van der Waals surface area contributed by atoms with Crippen LogP contribution in [-0.2, 0) is 0 Å². The normalized spacial score (nSPS) is 11.5. The first kappa shape index (κ1) is 21.1. The van der Waals surface area contributed by atoms with E-state index in [-0.39, 0.29) is 0 Å². The van der Waals surface area contributed by atoms with Gasteiger partial charge in [-0.25, -0.2) is 20.4 Å². The van der Waals surface area contributed by atoms with Gasteiger partial charge in [-0.3, -0.25) is 9.44 Å². The Bertz CT molecular complexity index is 452. The number of urea groups is 2. The first-order valence-electron chi connectivity index (χ1n) is 6.82. The summed E-state index contributed by atoms with van der Waals surface area (Å²) in [6.45, 7) is 7.16. The van der Waals surface area contributed by atoms with Crippen molar-refractivity contribution >= 4 is 47.4 Å². The van der Waals surface area contributed by atoms with Crippen molar-refractivity contribution in [3.63, 3.8) is 0 Å². The van der Waals surface area contributed by atoms with Crippen molar-refractivity contribution in [3.8, 4) is 0 Å². The molecule has 4 amide bonds. The molecule has 0 aromatic carbocycles. The Morgan fingerprint density at radius 2 is 1.35 bits per heavy atom. The van der Waals surface area contributed by atoms with Gasteiger partial charge in [0.05, 0.1) is 11.4 Å². The Hall–Kier alpha value is -1.88. The van der Waals surface area contributed by atoms with Gasteiger partial charge in [-0.15, -0.1) is 0 Å². The first-order valence-corrected chi connectivity index (χ1v) is 8.80. The van der Waals surface area contributed by atoms with Crippen molar-refractivity contribution < 1.29 is 9.59 Å². The van der Waals surface area contributed by atoms with Gasteiger partial charge in [0.2, 0.25) is 0 Å². The highest BCUT2D eigenvalue weighted by molar-refractivity contribution is 7.98. The maximum absolute atomic E-state index is 11.4. The van der Waals surface area contributed by atoms with E-state index in [0.717, 1.165) is 11.5 Å². The number of allylic oxidation sites excluding steroid dienone is 1. The molecule has 0 saturated heterocycles. The summed E-state index contributed by atoms with van der Waals surface area (Å²) in [5, 5.41) is 7.85.